The number of primary amides is 1. The predicted octanol–water partition coefficient (Wildman–Crippen LogP) is 2.85. The number of nitrogens with one attached hydrogen (secondary N) is 2. The van der Waals surface area contributed by atoms with E-state index in [4.69, 9.17) is 10.5 Å². The normalized spacial score (nSPS) is 12.2. The monoisotopic (exact) mass is 413 g/mol. The highest BCUT2D eigenvalue weighted by molar-refractivity contribution is 9.10. The van der Waals surface area contributed by atoms with Crippen molar-refractivity contribution in [3.8, 4) is 0 Å². The van der Waals surface area contributed by atoms with Gasteiger partial charge in [-0.05, 0) is 57.9 Å². The molecule has 0 aliphatic heterocycles. The summed E-state index contributed by atoms with van der Waals surface area (Å²) in [4.78, 5) is 35.5. The summed E-state index contributed by atoms with van der Waals surface area (Å²) >= 11 is 3.36. The van der Waals surface area contributed by atoms with Gasteiger partial charge in [0.05, 0.1) is 0 Å². The highest BCUT2D eigenvalue weighted by Gasteiger charge is 2.25. The SMILES string of the molecule is Cc1cc(Br)cc(NC(=O)[C@H](CCC(N)=O)NC(=O)OC(C)(C)C)c1. The number of benzene rings is 1. The Balaban J connectivity index is 2.84. The lowest BCUT2D eigenvalue weighted by atomic mass is 10.1. The van der Waals surface area contributed by atoms with Crippen molar-refractivity contribution in [3.63, 3.8) is 0 Å². The van der Waals surface area contributed by atoms with Gasteiger partial charge in [0, 0.05) is 16.6 Å². The lowest BCUT2D eigenvalue weighted by molar-refractivity contribution is -0.119. The number of carbonyl (C=O) groups excluding carboxylic acids is 3. The average Bonchev–Trinajstić information content (AvgIpc) is 2.39. The molecule has 1 atom stereocenters. The molecule has 1 aromatic rings. The standard InChI is InChI=1S/C17H24BrN3O4/c1-10-7-11(18)9-12(8-10)20-15(23)13(5-6-14(19)22)21-16(24)25-17(2,3)4/h7-9,13H,5-6H2,1-4H3,(H2,19,22)(H,20,23)(H,21,24)/t13-/m0/s1. The minimum atomic E-state index is -0.943. The maximum Gasteiger partial charge on any atom is 0.408 e. The van der Waals surface area contributed by atoms with Crippen LogP contribution in [0.15, 0.2) is 22.7 Å². The molecule has 0 unspecified atom stereocenters. The second-order valence-electron chi connectivity index (χ2n) is 6.71. The van der Waals surface area contributed by atoms with E-state index in [-0.39, 0.29) is 12.8 Å². The van der Waals surface area contributed by atoms with Crippen molar-refractivity contribution in [2.45, 2.75) is 52.2 Å². The third kappa shape index (κ3) is 8.53. The van der Waals surface area contributed by atoms with Crippen LogP contribution in [0, 0.1) is 6.92 Å². The number of aryl methyl sites for hydroxylation is 1. The van der Waals surface area contributed by atoms with E-state index in [1.807, 2.05) is 13.0 Å². The van der Waals surface area contributed by atoms with E-state index in [0.29, 0.717) is 5.69 Å². The molecule has 138 valence electrons. The summed E-state index contributed by atoms with van der Waals surface area (Å²) in [5.41, 5.74) is 5.98. The van der Waals surface area contributed by atoms with E-state index >= 15 is 0 Å². The molecule has 0 spiro atoms. The molecule has 0 aliphatic carbocycles. The van der Waals surface area contributed by atoms with Crippen LogP contribution in [0.5, 0.6) is 0 Å². The zero-order chi connectivity index (χ0) is 19.2. The first-order chi connectivity index (χ1) is 11.5. The summed E-state index contributed by atoms with van der Waals surface area (Å²) in [6.07, 6.45) is -0.693. The molecule has 0 saturated heterocycles. The molecule has 7 nitrogen and oxygen atoms in total. The summed E-state index contributed by atoms with van der Waals surface area (Å²) < 4.78 is 5.98. The highest BCUT2D eigenvalue weighted by atomic mass is 79.9. The fraction of sp³-hybridized carbons (Fsp3) is 0.471. The van der Waals surface area contributed by atoms with Crippen LogP contribution in [0.1, 0.15) is 39.2 Å². The molecule has 0 heterocycles. The van der Waals surface area contributed by atoms with Crippen LogP contribution in [0.2, 0.25) is 0 Å². The van der Waals surface area contributed by atoms with Gasteiger partial charge in [-0.3, -0.25) is 9.59 Å². The van der Waals surface area contributed by atoms with E-state index in [1.165, 1.54) is 0 Å². The number of hydrogen-bond acceptors (Lipinski definition) is 4. The minimum Gasteiger partial charge on any atom is -0.444 e. The van der Waals surface area contributed by atoms with Gasteiger partial charge in [0.1, 0.15) is 11.6 Å². The second-order valence-corrected chi connectivity index (χ2v) is 7.63. The van der Waals surface area contributed by atoms with Gasteiger partial charge in [-0.15, -0.1) is 0 Å². The molecule has 3 amide bonds. The lowest BCUT2D eigenvalue weighted by Gasteiger charge is -2.23. The third-order valence-electron chi connectivity index (χ3n) is 3.00. The van der Waals surface area contributed by atoms with E-state index < -0.39 is 29.6 Å². The van der Waals surface area contributed by atoms with Crippen molar-refractivity contribution >= 4 is 39.5 Å². The maximum atomic E-state index is 12.5. The van der Waals surface area contributed by atoms with Gasteiger partial charge >= 0.3 is 6.09 Å². The number of alkyl carbamates (subject to hydrolysis) is 1. The fourth-order valence-electron chi connectivity index (χ4n) is 2.04. The summed E-state index contributed by atoms with van der Waals surface area (Å²) in [6.45, 7) is 7.05. The van der Waals surface area contributed by atoms with Crippen molar-refractivity contribution in [1.29, 1.82) is 0 Å². The molecule has 1 rings (SSSR count). The second kappa shape index (κ2) is 8.84. The van der Waals surface area contributed by atoms with Crippen LogP contribution < -0.4 is 16.4 Å². The lowest BCUT2D eigenvalue weighted by Crippen LogP contribution is -2.46. The molecule has 1 aromatic carbocycles. The first kappa shape index (κ1) is 21.0. The van der Waals surface area contributed by atoms with Crippen molar-refractivity contribution < 1.29 is 19.1 Å². The van der Waals surface area contributed by atoms with Crippen molar-refractivity contribution in [3.05, 3.63) is 28.2 Å². The van der Waals surface area contributed by atoms with Gasteiger partial charge < -0.3 is 21.1 Å². The molecule has 0 aromatic heterocycles. The number of amides is 3. The van der Waals surface area contributed by atoms with Gasteiger partial charge in [0.25, 0.3) is 0 Å². The average molecular weight is 414 g/mol. The Morgan fingerprint density at radius 2 is 1.88 bits per heavy atom. The quantitative estimate of drug-likeness (QED) is 0.665. The summed E-state index contributed by atoms with van der Waals surface area (Å²) in [6, 6.07) is 4.49. The number of anilines is 1. The Hall–Kier alpha value is -2.09. The zero-order valence-electron chi connectivity index (χ0n) is 14.8. The first-order valence-corrected chi connectivity index (χ1v) is 8.61. The van der Waals surface area contributed by atoms with E-state index in [1.54, 1.807) is 32.9 Å². The van der Waals surface area contributed by atoms with Gasteiger partial charge in [0.15, 0.2) is 0 Å². The molecule has 0 aliphatic rings. The first-order valence-electron chi connectivity index (χ1n) is 7.82. The molecular formula is C17H24BrN3O4. The molecule has 25 heavy (non-hydrogen) atoms. The molecule has 8 heteroatoms. The summed E-state index contributed by atoms with van der Waals surface area (Å²) in [5, 5.41) is 5.21. The van der Waals surface area contributed by atoms with Crippen molar-refractivity contribution in [2.24, 2.45) is 5.73 Å². The number of carbonyl (C=O) groups is 3. The van der Waals surface area contributed by atoms with Gasteiger partial charge in [0.2, 0.25) is 11.8 Å². The van der Waals surface area contributed by atoms with E-state index in [9.17, 15) is 14.4 Å². The topological polar surface area (TPSA) is 111 Å². The Labute approximate surface area is 155 Å². The third-order valence-corrected chi connectivity index (χ3v) is 3.45. The van der Waals surface area contributed by atoms with Crippen LogP contribution in [0.4, 0.5) is 10.5 Å². The van der Waals surface area contributed by atoms with Crippen LogP contribution in [0.25, 0.3) is 0 Å². The predicted molar refractivity (Wildman–Crippen MR) is 99.1 cm³/mol. The molecule has 0 fully saturated rings. The van der Waals surface area contributed by atoms with Gasteiger partial charge in [-0.2, -0.15) is 0 Å². The smallest absolute Gasteiger partial charge is 0.408 e. The number of nitrogens with two attached hydrogens (primary N) is 1. The summed E-state index contributed by atoms with van der Waals surface area (Å²) in [7, 11) is 0. The summed E-state index contributed by atoms with van der Waals surface area (Å²) in [5.74, 6) is -1.01. The van der Waals surface area contributed by atoms with E-state index in [0.717, 1.165) is 10.0 Å². The molecule has 0 bridgehead atoms. The number of ether oxygens (including phenoxy) is 1. The molecular weight excluding hydrogens is 390 g/mol. The van der Waals surface area contributed by atoms with Crippen LogP contribution in [0.3, 0.4) is 0 Å². The largest absolute Gasteiger partial charge is 0.444 e. The van der Waals surface area contributed by atoms with E-state index in [2.05, 4.69) is 26.6 Å². The Morgan fingerprint density at radius 1 is 1.24 bits per heavy atom. The molecule has 4 N–H and O–H groups in total. The van der Waals surface area contributed by atoms with Crippen LogP contribution >= 0.6 is 15.9 Å². The Bertz CT molecular complexity index is 636. The zero-order valence-corrected chi connectivity index (χ0v) is 16.4. The Kier molecular flexibility index (Phi) is 7.41. The van der Waals surface area contributed by atoms with Crippen molar-refractivity contribution in [1.82, 2.24) is 5.32 Å². The Morgan fingerprint density at radius 3 is 2.40 bits per heavy atom. The van der Waals surface area contributed by atoms with Gasteiger partial charge in [-0.25, -0.2) is 4.79 Å². The van der Waals surface area contributed by atoms with Crippen LogP contribution in [-0.4, -0.2) is 29.6 Å². The number of halogens is 1. The fourth-order valence-corrected chi connectivity index (χ4v) is 2.65. The van der Waals surface area contributed by atoms with Gasteiger partial charge in [-0.1, -0.05) is 15.9 Å². The molecule has 0 radical (unpaired) electrons. The van der Waals surface area contributed by atoms with Crippen LogP contribution in [-0.2, 0) is 14.3 Å². The number of hydrogen-bond donors (Lipinski definition) is 3. The maximum absolute atomic E-state index is 12.5. The highest BCUT2D eigenvalue weighted by Crippen LogP contribution is 2.19. The minimum absolute atomic E-state index is 0.0363. The number of rotatable bonds is 6. The molecule has 0 saturated carbocycles. The van der Waals surface area contributed by atoms with Crippen molar-refractivity contribution in [2.75, 3.05) is 5.32 Å².